The van der Waals surface area contributed by atoms with Gasteiger partial charge in [-0.15, -0.1) is 0 Å². The van der Waals surface area contributed by atoms with Gasteiger partial charge in [-0.3, -0.25) is 9.36 Å². The summed E-state index contributed by atoms with van der Waals surface area (Å²) < 4.78 is 16.7. The van der Waals surface area contributed by atoms with Crippen molar-refractivity contribution < 1.29 is 59.3 Å². The molecule has 0 aliphatic carbocycles. The molecule has 1 aliphatic heterocycles. The average molecular weight is 389 g/mol. The van der Waals surface area contributed by atoms with Crippen molar-refractivity contribution in [3.63, 3.8) is 0 Å². The van der Waals surface area contributed by atoms with Crippen molar-refractivity contribution in [3.8, 4) is 0 Å². The molecule has 0 aromatic rings. The van der Waals surface area contributed by atoms with Crippen LogP contribution in [0, 0.1) is 0 Å². The second kappa shape index (κ2) is 7.23. The molecule has 1 aliphatic rings. The lowest BCUT2D eigenvalue weighted by Gasteiger charge is -2.52. The molecule has 1 heterocycles. The number of carbonyl (C=O) groups excluding carboxylic acids is 1. The first-order valence-electron chi connectivity index (χ1n) is 6.86. The number of hydrogen-bond donors (Lipinski definition) is 9. The van der Waals surface area contributed by atoms with Gasteiger partial charge in [0.2, 0.25) is 5.91 Å². The lowest BCUT2D eigenvalue weighted by molar-refractivity contribution is -0.302. The zero-order valence-electron chi connectivity index (χ0n) is 12.9. The molecule has 25 heavy (non-hydrogen) atoms. The molecule has 0 aromatic heterocycles. The Morgan fingerprint density at radius 2 is 1.88 bits per heavy atom. The van der Waals surface area contributed by atoms with Crippen molar-refractivity contribution in [1.29, 1.82) is 0 Å². The molecular formula is C11H20NO12P. The van der Waals surface area contributed by atoms with E-state index in [0.717, 1.165) is 6.92 Å². The molecule has 1 unspecified atom stereocenters. The smallest absolute Gasteiger partial charge is 0.364 e. The summed E-state index contributed by atoms with van der Waals surface area (Å²) in [5, 5.41) is 56.3. The van der Waals surface area contributed by atoms with Gasteiger partial charge in [-0.1, -0.05) is 0 Å². The minimum absolute atomic E-state index is 0.814. The number of amides is 1. The van der Waals surface area contributed by atoms with Gasteiger partial charge in [0.15, 0.2) is 5.28 Å². The van der Waals surface area contributed by atoms with Crippen LogP contribution < -0.4 is 5.32 Å². The third-order valence-corrected chi connectivity index (χ3v) is 5.45. The fraction of sp³-hybridized carbons (Fsp3) is 0.818. The maximum Gasteiger partial charge on any atom is 0.364 e. The van der Waals surface area contributed by atoms with Gasteiger partial charge in [0.1, 0.15) is 18.3 Å². The molecule has 1 amide bonds. The van der Waals surface area contributed by atoms with Gasteiger partial charge in [-0.2, -0.15) is 0 Å². The third-order valence-electron chi connectivity index (χ3n) is 3.82. The zero-order chi connectivity index (χ0) is 19.8. The van der Waals surface area contributed by atoms with Gasteiger partial charge in [-0.25, -0.2) is 4.79 Å². The van der Waals surface area contributed by atoms with E-state index in [0.29, 0.717) is 0 Å². The number of rotatable bonds is 6. The molecule has 1 rings (SSSR count). The predicted molar refractivity (Wildman–Crippen MR) is 75.8 cm³/mol. The fourth-order valence-electron chi connectivity index (χ4n) is 2.60. The lowest BCUT2D eigenvalue weighted by Crippen LogP contribution is -2.74. The fourth-order valence-corrected chi connectivity index (χ4v) is 3.92. The Labute approximate surface area is 140 Å². The second-order valence-corrected chi connectivity index (χ2v) is 7.47. The Bertz CT molecular complexity index is 579. The van der Waals surface area contributed by atoms with Crippen LogP contribution in [0.5, 0.6) is 0 Å². The van der Waals surface area contributed by atoms with Crippen LogP contribution in [0.25, 0.3) is 0 Å². The summed E-state index contributed by atoms with van der Waals surface area (Å²) in [4.78, 5) is 41.9. The zero-order valence-corrected chi connectivity index (χ0v) is 13.8. The summed E-state index contributed by atoms with van der Waals surface area (Å²) in [7, 11) is -5.59. The van der Waals surface area contributed by atoms with Gasteiger partial charge in [0.05, 0.1) is 12.7 Å². The van der Waals surface area contributed by atoms with E-state index in [9.17, 15) is 44.4 Å². The number of hydrogen-bond acceptors (Lipinski definition) is 9. The van der Waals surface area contributed by atoms with Crippen molar-refractivity contribution in [1.82, 2.24) is 5.32 Å². The minimum Gasteiger partial charge on any atom is -0.477 e. The molecule has 9 N–H and O–H groups in total. The van der Waals surface area contributed by atoms with E-state index in [-0.39, 0.29) is 0 Å². The van der Waals surface area contributed by atoms with E-state index in [1.807, 2.05) is 0 Å². The highest BCUT2D eigenvalue weighted by Crippen LogP contribution is 2.58. The number of aliphatic carboxylic acids is 1. The minimum atomic E-state index is -5.59. The Morgan fingerprint density at radius 3 is 2.24 bits per heavy atom. The maximum atomic E-state index is 12.0. The summed E-state index contributed by atoms with van der Waals surface area (Å²) >= 11 is 0. The Hall–Kier alpha value is -1.15. The van der Waals surface area contributed by atoms with Gasteiger partial charge in [-0.05, 0) is 0 Å². The van der Waals surface area contributed by atoms with E-state index < -0.39 is 68.0 Å². The summed E-state index contributed by atoms with van der Waals surface area (Å²) in [6, 6.07) is 0. The van der Waals surface area contributed by atoms with Crippen LogP contribution in [0.3, 0.4) is 0 Å². The number of carboxylic acids is 1. The van der Waals surface area contributed by atoms with Gasteiger partial charge in [0.25, 0.3) is 5.79 Å². The number of nitrogens with one attached hydrogen (secondary N) is 1. The molecule has 0 spiro atoms. The normalized spacial score (nSPS) is 35.7. The maximum absolute atomic E-state index is 12.0. The van der Waals surface area contributed by atoms with E-state index in [1.165, 1.54) is 0 Å². The van der Waals surface area contributed by atoms with Gasteiger partial charge in [0, 0.05) is 13.3 Å². The molecule has 0 radical (unpaired) electrons. The lowest BCUT2D eigenvalue weighted by atomic mass is 9.87. The predicted octanol–water partition coefficient (Wildman–Crippen LogP) is -4.37. The topological polar surface area (TPSA) is 234 Å². The van der Waals surface area contributed by atoms with E-state index in [4.69, 9.17) is 14.9 Å². The number of aliphatic hydroxyl groups excluding tert-OH is 4. The highest BCUT2D eigenvalue weighted by atomic mass is 31.2. The number of aliphatic hydroxyl groups is 5. The van der Waals surface area contributed by atoms with Crippen molar-refractivity contribution in [3.05, 3.63) is 0 Å². The first kappa shape index (κ1) is 21.9. The van der Waals surface area contributed by atoms with Gasteiger partial charge < -0.3 is 50.5 Å². The second-order valence-electron chi connectivity index (χ2n) is 5.64. The number of ether oxygens (including phenoxy) is 1. The van der Waals surface area contributed by atoms with E-state index >= 15 is 0 Å². The van der Waals surface area contributed by atoms with Crippen LogP contribution in [-0.2, 0) is 18.9 Å². The first-order chi connectivity index (χ1) is 11.2. The molecule has 14 heteroatoms. The number of carboxylic acid groups (broad SMARTS) is 1. The molecule has 0 bridgehead atoms. The van der Waals surface area contributed by atoms with Crippen molar-refractivity contribution >= 4 is 19.5 Å². The Balaban J connectivity index is 3.60. The largest absolute Gasteiger partial charge is 0.477 e. The Kier molecular flexibility index (Phi) is 6.33. The number of carbonyl (C=O) groups is 2. The van der Waals surface area contributed by atoms with Crippen LogP contribution in [0.2, 0.25) is 0 Å². The summed E-state index contributed by atoms with van der Waals surface area (Å²) in [5.41, 5.74) is 0. The third kappa shape index (κ3) is 3.84. The monoisotopic (exact) mass is 389 g/mol. The molecule has 0 saturated carbocycles. The molecule has 1 saturated heterocycles. The summed E-state index contributed by atoms with van der Waals surface area (Å²) in [5.74, 6) is -6.33. The van der Waals surface area contributed by atoms with E-state index in [2.05, 4.69) is 0 Å². The quantitative estimate of drug-likeness (QED) is 0.196. The summed E-state index contributed by atoms with van der Waals surface area (Å²) in [6.45, 7) is -0.325. The van der Waals surface area contributed by atoms with Crippen LogP contribution in [0.1, 0.15) is 13.3 Å². The molecule has 6 atom stereocenters. The SMILES string of the molecule is CC(=O)N[C@]1(P(=O)(O)O)[C@@H](O)CC(O)(C(=O)O)O[C@H]1[C@H](O)[C@H](O)CO. The van der Waals surface area contributed by atoms with Crippen molar-refractivity contribution in [2.24, 2.45) is 0 Å². The van der Waals surface area contributed by atoms with Crippen LogP contribution >= 0.6 is 7.60 Å². The molecular weight excluding hydrogens is 369 g/mol. The van der Waals surface area contributed by atoms with Crippen molar-refractivity contribution in [2.45, 2.75) is 48.8 Å². The highest BCUT2D eigenvalue weighted by molar-refractivity contribution is 7.53. The van der Waals surface area contributed by atoms with Crippen LogP contribution in [0.4, 0.5) is 0 Å². The highest BCUT2D eigenvalue weighted by Gasteiger charge is 2.69. The van der Waals surface area contributed by atoms with Crippen LogP contribution in [0.15, 0.2) is 0 Å². The molecule has 146 valence electrons. The van der Waals surface area contributed by atoms with Crippen molar-refractivity contribution in [2.75, 3.05) is 6.61 Å². The molecule has 0 aromatic carbocycles. The Morgan fingerprint density at radius 1 is 1.36 bits per heavy atom. The van der Waals surface area contributed by atoms with Crippen LogP contribution in [-0.4, -0.2) is 94.4 Å². The van der Waals surface area contributed by atoms with E-state index in [1.54, 1.807) is 5.32 Å². The standard InChI is InChI=1S/C11H20NO12P/c1-4(14)12-11(25(21,22)23)6(16)2-10(20,9(18)19)24-8(11)7(17)5(15)3-13/h5-8,13,15-17,20H,2-3H2,1H3,(H,12,14)(H,18,19)(H2,21,22,23)/t5-,6+,7-,8+,10?,11+/m1/s1. The first-order valence-corrected chi connectivity index (χ1v) is 8.47. The summed E-state index contributed by atoms with van der Waals surface area (Å²) in [6.07, 6.45) is -10.7. The molecule has 13 nitrogen and oxygen atoms in total. The average Bonchev–Trinajstić information content (AvgIpc) is 2.46. The van der Waals surface area contributed by atoms with Gasteiger partial charge >= 0.3 is 13.6 Å². The molecule has 1 fully saturated rings.